The van der Waals surface area contributed by atoms with Gasteiger partial charge in [-0.2, -0.15) is 5.10 Å². The molecule has 0 atom stereocenters. The van der Waals surface area contributed by atoms with Gasteiger partial charge in [0.25, 0.3) is 0 Å². The number of likely N-dealkylation sites (tertiary alicyclic amines) is 1. The van der Waals surface area contributed by atoms with Crippen LogP contribution >= 0.6 is 0 Å². The van der Waals surface area contributed by atoms with Crippen LogP contribution in [-0.2, 0) is 4.74 Å². The Labute approximate surface area is 242 Å². The number of carbonyl (C=O) groups is 1. The molecule has 0 radical (unpaired) electrons. The van der Waals surface area contributed by atoms with Gasteiger partial charge in [0.05, 0.1) is 11.1 Å². The zero-order chi connectivity index (χ0) is 29.4. The van der Waals surface area contributed by atoms with Gasteiger partial charge >= 0.3 is 6.09 Å². The fourth-order valence-corrected chi connectivity index (χ4v) is 5.57. The van der Waals surface area contributed by atoms with Gasteiger partial charge in [-0.25, -0.2) is 18.6 Å². The second kappa shape index (κ2) is 11.0. The molecule has 0 saturated carbocycles. The number of ether oxygens (including phenoxy) is 1. The van der Waals surface area contributed by atoms with Crippen LogP contribution in [0.4, 0.5) is 13.6 Å². The van der Waals surface area contributed by atoms with Gasteiger partial charge in [-0.15, -0.1) is 0 Å². The molecular formula is C33H31F2N5O2. The molecule has 1 amide bonds. The van der Waals surface area contributed by atoms with Crippen LogP contribution < -0.4 is 0 Å². The zero-order valence-electron chi connectivity index (χ0n) is 23.7. The average Bonchev–Trinajstić information content (AvgIpc) is 3.41. The van der Waals surface area contributed by atoms with E-state index >= 15 is 0 Å². The third kappa shape index (κ3) is 5.46. The minimum atomic E-state index is -0.561. The molecule has 1 aliphatic heterocycles. The molecule has 4 heterocycles. The molecule has 3 aromatic heterocycles. The number of hydrogen-bond acceptors (Lipinski definition) is 5. The molecule has 9 heteroatoms. The van der Waals surface area contributed by atoms with Gasteiger partial charge in [0.15, 0.2) is 5.65 Å². The summed E-state index contributed by atoms with van der Waals surface area (Å²) in [7, 11) is 0. The van der Waals surface area contributed by atoms with Crippen LogP contribution in [0.15, 0.2) is 73.1 Å². The molecule has 214 valence electrons. The quantitative estimate of drug-likeness (QED) is 0.240. The maximum atomic E-state index is 14.1. The van der Waals surface area contributed by atoms with Crippen molar-refractivity contribution in [2.75, 3.05) is 13.1 Å². The van der Waals surface area contributed by atoms with Gasteiger partial charge in [0.2, 0.25) is 0 Å². The second-order valence-electron chi connectivity index (χ2n) is 11.5. The predicted molar refractivity (Wildman–Crippen MR) is 158 cm³/mol. The van der Waals surface area contributed by atoms with Gasteiger partial charge in [-0.05, 0) is 93.3 Å². The molecule has 6 rings (SSSR count). The number of pyridine rings is 2. The monoisotopic (exact) mass is 567 g/mol. The van der Waals surface area contributed by atoms with Gasteiger partial charge in [0.1, 0.15) is 17.2 Å². The predicted octanol–water partition coefficient (Wildman–Crippen LogP) is 7.75. The SMILES string of the molecule is CC(C)(C)OC(=O)N1CCC(c2[nH]nc3nc(-c4ccc(F)cc4)c(-c4ccncc4)c(-c4ccc(F)cc4)c23)CC1. The van der Waals surface area contributed by atoms with Crippen LogP contribution in [0.5, 0.6) is 0 Å². The summed E-state index contributed by atoms with van der Waals surface area (Å²) in [5, 5.41) is 8.74. The fraction of sp³-hybridized carbons (Fsp3) is 0.273. The molecular weight excluding hydrogens is 536 g/mol. The lowest BCUT2D eigenvalue weighted by atomic mass is 9.85. The first-order valence-corrected chi connectivity index (χ1v) is 14.0. The van der Waals surface area contributed by atoms with E-state index in [0.717, 1.165) is 38.9 Å². The number of nitrogens with one attached hydrogen (secondary N) is 1. The first-order chi connectivity index (χ1) is 20.2. The number of piperidine rings is 1. The van der Waals surface area contributed by atoms with E-state index in [2.05, 4.69) is 15.2 Å². The summed E-state index contributed by atoms with van der Waals surface area (Å²) >= 11 is 0. The maximum absolute atomic E-state index is 14.1. The number of fused-ring (bicyclic) bond motifs is 1. The summed E-state index contributed by atoms with van der Waals surface area (Å²) in [6.45, 7) is 6.67. The van der Waals surface area contributed by atoms with E-state index in [4.69, 9.17) is 9.72 Å². The Balaban J connectivity index is 1.52. The number of rotatable bonds is 4. The molecule has 1 fully saturated rings. The van der Waals surface area contributed by atoms with Crippen molar-refractivity contribution >= 4 is 17.1 Å². The van der Waals surface area contributed by atoms with Crippen LogP contribution in [0.1, 0.15) is 45.2 Å². The van der Waals surface area contributed by atoms with Gasteiger partial charge in [0, 0.05) is 53.8 Å². The standard InChI is InChI=1S/C33H31F2N5O2/c1-33(2,3)42-32(41)40-18-14-23(15-19-40)30-28-26(20-4-8-24(34)9-5-20)27(21-12-16-36-17-13-21)29(37-31(28)39-38-30)22-6-10-25(35)11-7-22/h4-13,16-17,23H,14-15,18-19H2,1-3H3,(H,37,38,39). The minimum absolute atomic E-state index is 0.0802. The van der Waals surface area contributed by atoms with Crippen molar-refractivity contribution in [3.63, 3.8) is 0 Å². The number of halogens is 2. The number of benzene rings is 2. The number of H-pyrrole nitrogens is 1. The largest absolute Gasteiger partial charge is 0.444 e. The number of amides is 1. The normalized spacial score (nSPS) is 14.4. The smallest absolute Gasteiger partial charge is 0.410 e. The molecule has 42 heavy (non-hydrogen) atoms. The van der Waals surface area contributed by atoms with Crippen molar-refractivity contribution in [1.29, 1.82) is 0 Å². The topological polar surface area (TPSA) is 84.0 Å². The van der Waals surface area contributed by atoms with Crippen molar-refractivity contribution in [2.45, 2.75) is 45.1 Å². The van der Waals surface area contributed by atoms with Crippen LogP contribution in [0, 0.1) is 11.6 Å². The zero-order valence-corrected chi connectivity index (χ0v) is 23.7. The minimum Gasteiger partial charge on any atom is -0.444 e. The Morgan fingerprint density at radius 3 is 2.02 bits per heavy atom. The molecule has 0 aliphatic carbocycles. The van der Waals surface area contributed by atoms with Crippen molar-refractivity contribution in [1.82, 2.24) is 25.1 Å². The molecule has 0 bridgehead atoms. The summed E-state index contributed by atoms with van der Waals surface area (Å²) in [5.41, 5.74) is 5.56. The number of carbonyl (C=O) groups excluding carboxylic acids is 1. The van der Waals surface area contributed by atoms with E-state index in [1.807, 2.05) is 32.9 Å². The molecule has 7 nitrogen and oxygen atoms in total. The Hall–Kier alpha value is -4.66. The van der Waals surface area contributed by atoms with E-state index in [1.165, 1.54) is 24.3 Å². The Morgan fingerprint density at radius 2 is 1.43 bits per heavy atom. The lowest BCUT2D eigenvalue weighted by molar-refractivity contribution is 0.0204. The van der Waals surface area contributed by atoms with Crippen molar-refractivity contribution < 1.29 is 18.3 Å². The summed E-state index contributed by atoms with van der Waals surface area (Å²) in [6, 6.07) is 16.4. The molecule has 1 saturated heterocycles. The highest BCUT2D eigenvalue weighted by Gasteiger charge is 2.31. The highest BCUT2D eigenvalue weighted by molar-refractivity contribution is 6.07. The van der Waals surface area contributed by atoms with E-state index in [9.17, 15) is 13.6 Å². The Bertz CT molecular complexity index is 1720. The molecule has 0 unspecified atom stereocenters. The lowest BCUT2D eigenvalue weighted by Crippen LogP contribution is -2.41. The first kappa shape index (κ1) is 27.5. The first-order valence-electron chi connectivity index (χ1n) is 14.0. The molecule has 5 aromatic rings. The summed E-state index contributed by atoms with van der Waals surface area (Å²) in [6.07, 6.45) is 4.54. The lowest BCUT2D eigenvalue weighted by Gasteiger charge is -2.33. The highest BCUT2D eigenvalue weighted by atomic mass is 19.1. The third-order valence-corrected chi connectivity index (χ3v) is 7.50. The van der Waals surface area contributed by atoms with Crippen LogP contribution in [-0.4, -0.2) is 49.8 Å². The van der Waals surface area contributed by atoms with Crippen molar-refractivity contribution in [3.8, 4) is 33.5 Å². The van der Waals surface area contributed by atoms with E-state index < -0.39 is 5.60 Å². The number of nitrogens with zero attached hydrogens (tertiary/aromatic N) is 4. The summed E-state index contributed by atoms with van der Waals surface area (Å²) in [5.74, 6) is -0.601. The second-order valence-corrected chi connectivity index (χ2v) is 11.5. The van der Waals surface area contributed by atoms with Crippen LogP contribution in [0.2, 0.25) is 0 Å². The van der Waals surface area contributed by atoms with E-state index in [1.54, 1.807) is 41.6 Å². The van der Waals surface area contributed by atoms with Crippen molar-refractivity contribution in [2.24, 2.45) is 0 Å². The average molecular weight is 568 g/mol. The highest BCUT2D eigenvalue weighted by Crippen LogP contribution is 2.45. The number of hydrogen-bond donors (Lipinski definition) is 1. The number of aromatic amines is 1. The fourth-order valence-electron chi connectivity index (χ4n) is 5.57. The maximum Gasteiger partial charge on any atom is 0.410 e. The molecule has 2 aromatic carbocycles. The van der Waals surface area contributed by atoms with Crippen LogP contribution in [0.3, 0.4) is 0 Å². The summed E-state index contributed by atoms with van der Waals surface area (Å²) < 4.78 is 33.6. The van der Waals surface area contributed by atoms with Crippen LogP contribution in [0.25, 0.3) is 44.5 Å². The van der Waals surface area contributed by atoms with E-state index in [0.29, 0.717) is 37.3 Å². The van der Waals surface area contributed by atoms with E-state index in [-0.39, 0.29) is 23.6 Å². The van der Waals surface area contributed by atoms with Crippen molar-refractivity contribution in [3.05, 3.63) is 90.4 Å². The van der Waals surface area contributed by atoms with Gasteiger partial charge in [-0.1, -0.05) is 12.1 Å². The number of aromatic nitrogens is 4. The molecule has 1 N–H and O–H groups in total. The summed E-state index contributed by atoms with van der Waals surface area (Å²) in [4.78, 5) is 23.7. The Kier molecular flexibility index (Phi) is 7.18. The third-order valence-electron chi connectivity index (χ3n) is 7.50. The van der Waals surface area contributed by atoms with Gasteiger partial charge in [-0.3, -0.25) is 10.1 Å². The molecule has 1 aliphatic rings. The Morgan fingerprint density at radius 1 is 0.857 bits per heavy atom. The van der Waals surface area contributed by atoms with Gasteiger partial charge < -0.3 is 9.64 Å². The molecule has 0 spiro atoms.